The van der Waals surface area contributed by atoms with Gasteiger partial charge >= 0.3 is 6.09 Å². The van der Waals surface area contributed by atoms with Gasteiger partial charge in [0.25, 0.3) is 0 Å². The fourth-order valence-corrected chi connectivity index (χ4v) is 3.80. The van der Waals surface area contributed by atoms with Crippen LogP contribution >= 0.6 is 21.6 Å². The van der Waals surface area contributed by atoms with Crippen LogP contribution in [-0.2, 0) is 4.74 Å². The molecular formula is C11H13N3O2S2. The number of ether oxygens (including phenoxy) is 1. The van der Waals surface area contributed by atoms with Crippen LogP contribution in [0, 0.1) is 0 Å². The molecule has 3 rings (SSSR count). The molecule has 0 atom stereocenters. The number of carbonyl (C=O) groups is 1. The number of amides is 1. The molecule has 2 aliphatic heterocycles. The standard InChI is InChI=1S/C11H13N3O2S2/c15-11(14-5-3-12-4-6-14)16-10-7-8-9(17-18-10)1-2-13-8/h1-2,7,12-13H,3-6H2. The predicted octanol–water partition coefficient (Wildman–Crippen LogP) is 2.11. The summed E-state index contributed by atoms with van der Waals surface area (Å²) < 4.78 is 5.40. The average Bonchev–Trinajstić information content (AvgIpc) is 2.87. The highest BCUT2D eigenvalue weighted by atomic mass is 33.1. The molecule has 3 heterocycles. The van der Waals surface area contributed by atoms with Crippen molar-refractivity contribution in [2.24, 2.45) is 0 Å². The maximum Gasteiger partial charge on any atom is 0.415 e. The summed E-state index contributed by atoms with van der Waals surface area (Å²) in [4.78, 5) is 17.9. The minimum atomic E-state index is -0.258. The van der Waals surface area contributed by atoms with Gasteiger partial charge in [-0.1, -0.05) is 0 Å². The third-order valence-corrected chi connectivity index (χ3v) is 5.04. The maximum absolute atomic E-state index is 11.9. The number of fused-ring (bicyclic) bond motifs is 1. The molecule has 2 N–H and O–H groups in total. The van der Waals surface area contributed by atoms with Crippen LogP contribution in [0.2, 0.25) is 0 Å². The summed E-state index contributed by atoms with van der Waals surface area (Å²) in [6.45, 7) is 3.07. The third kappa shape index (κ3) is 2.52. The van der Waals surface area contributed by atoms with Crippen LogP contribution < -0.4 is 5.32 Å². The van der Waals surface area contributed by atoms with E-state index in [4.69, 9.17) is 4.74 Å². The van der Waals surface area contributed by atoms with Crippen molar-refractivity contribution in [3.05, 3.63) is 23.0 Å². The number of aromatic amines is 1. The van der Waals surface area contributed by atoms with Gasteiger partial charge in [-0.15, -0.1) is 0 Å². The first-order valence-electron chi connectivity index (χ1n) is 5.74. The zero-order valence-electron chi connectivity index (χ0n) is 9.64. The van der Waals surface area contributed by atoms with Crippen molar-refractivity contribution in [2.75, 3.05) is 26.2 Å². The number of aromatic nitrogens is 1. The quantitative estimate of drug-likeness (QED) is 0.773. The van der Waals surface area contributed by atoms with Crippen molar-refractivity contribution < 1.29 is 9.53 Å². The second-order valence-corrected chi connectivity index (χ2v) is 6.17. The largest absolute Gasteiger partial charge is 0.415 e. The summed E-state index contributed by atoms with van der Waals surface area (Å²) in [6, 6.07) is 2.01. The molecule has 0 saturated carbocycles. The Morgan fingerprint density at radius 3 is 3.00 bits per heavy atom. The molecule has 1 amide bonds. The van der Waals surface area contributed by atoms with E-state index in [-0.39, 0.29) is 6.09 Å². The van der Waals surface area contributed by atoms with E-state index in [1.54, 1.807) is 15.7 Å². The van der Waals surface area contributed by atoms with E-state index in [9.17, 15) is 4.79 Å². The summed E-state index contributed by atoms with van der Waals surface area (Å²) >= 11 is 0. The number of rotatable bonds is 1. The Hall–Kier alpha value is -1.05. The van der Waals surface area contributed by atoms with Crippen LogP contribution in [0.5, 0.6) is 0 Å². The lowest BCUT2D eigenvalue weighted by molar-refractivity contribution is 0.129. The van der Waals surface area contributed by atoms with Crippen LogP contribution in [0.4, 0.5) is 4.79 Å². The molecule has 96 valence electrons. The molecule has 18 heavy (non-hydrogen) atoms. The smallest absolute Gasteiger partial charge is 0.402 e. The van der Waals surface area contributed by atoms with E-state index >= 15 is 0 Å². The van der Waals surface area contributed by atoms with E-state index in [0.717, 1.165) is 18.8 Å². The fraction of sp³-hybridized carbons (Fsp3) is 0.364. The lowest BCUT2D eigenvalue weighted by Crippen LogP contribution is -2.46. The number of nitrogens with zero attached hydrogens (tertiary/aromatic N) is 1. The van der Waals surface area contributed by atoms with Crippen LogP contribution in [0.25, 0.3) is 6.08 Å². The molecule has 0 radical (unpaired) electrons. The Labute approximate surface area is 113 Å². The molecule has 0 unspecified atom stereocenters. The second-order valence-electron chi connectivity index (χ2n) is 3.99. The lowest BCUT2D eigenvalue weighted by Gasteiger charge is -2.26. The summed E-state index contributed by atoms with van der Waals surface area (Å²) in [5.74, 6) is 0. The molecule has 1 aromatic rings. The van der Waals surface area contributed by atoms with E-state index in [0.29, 0.717) is 18.2 Å². The number of hydrogen-bond donors (Lipinski definition) is 2. The van der Waals surface area contributed by atoms with Gasteiger partial charge in [-0.3, -0.25) is 0 Å². The Morgan fingerprint density at radius 1 is 1.33 bits per heavy atom. The highest BCUT2D eigenvalue weighted by Crippen LogP contribution is 2.44. The zero-order chi connectivity index (χ0) is 12.4. The Balaban J connectivity index is 1.65. The van der Waals surface area contributed by atoms with Crippen LogP contribution in [0.1, 0.15) is 5.69 Å². The first-order chi connectivity index (χ1) is 8.83. The van der Waals surface area contributed by atoms with Crippen LogP contribution in [-0.4, -0.2) is 42.2 Å². The second kappa shape index (κ2) is 5.29. The molecule has 5 nitrogen and oxygen atoms in total. The molecule has 2 aliphatic rings. The monoisotopic (exact) mass is 283 g/mol. The topological polar surface area (TPSA) is 57.4 Å². The highest BCUT2D eigenvalue weighted by Gasteiger charge is 2.21. The molecule has 1 aromatic heterocycles. The Morgan fingerprint density at radius 2 is 2.17 bits per heavy atom. The number of piperazine rings is 1. The van der Waals surface area contributed by atoms with Crippen molar-refractivity contribution in [3.63, 3.8) is 0 Å². The summed E-state index contributed by atoms with van der Waals surface area (Å²) in [5.41, 5.74) is 1.00. The molecule has 0 aromatic carbocycles. The SMILES string of the molecule is O=C(OC1=Cc2[nH]ccc2SS1)N1CCNCC1. The summed E-state index contributed by atoms with van der Waals surface area (Å²) in [6.07, 6.45) is 3.50. The van der Waals surface area contributed by atoms with Gasteiger partial charge in [-0.05, 0) is 27.7 Å². The molecule has 1 fully saturated rings. The molecular weight excluding hydrogens is 270 g/mol. The van der Waals surface area contributed by atoms with Gasteiger partial charge in [0, 0.05) is 43.3 Å². The van der Waals surface area contributed by atoms with Crippen LogP contribution in [0.15, 0.2) is 22.2 Å². The molecule has 0 bridgehead atoms. The maximum atomic E-state index is 11.9. The number of H-pyrrole nitrogens is 1. The number of carbonyl (C=O) groups excluding carboxylic acids is 1. The number of nitrogens with one attached hydrogen (secondary N) is 2. The first-order valence-corrected chi connectivity index (χ1v) is 7.89. The first kappa shape index (κ1) is 12.0. The highest BCUT2D eigenvalue weighted by molar-refractivity contribution is 8.78. The van der Waals surface area contributed by atoms with Gasteiger partial charge in [0.1, 0.15) is 0 Å². The van der Waals surface area contributed by atoms with Crippen molar-refractivity contribution in [1.29, 1.82) is 0 Å². The molecule has 0 aliphatic carbocycles. The molecule has 1 saturated heterocycles. The number of hydrogen-bond acceptors (Lipinski definition) is 5. The van der Waals surface area contributed by atoms with Gasteiger partial charge in [0.05, 0.1) is 5.69 Å². The van der Waals surface area contributed by atoms with Crippen LogP contribution in [0.3, 0.4) is 0 Å². The summed E-state index contributed by atoms with van der Waals surface area (Å²) in [7, 11) is 3.08. The summed E-state index contributed by atoms with van der Waals surface area (Å²) in [5, 5.41) is 3.84. The Bertz CT molecular complexity index is 480. The fourth-order valence-electron chi connectivity index (χ4n) is 1.83. The van der Waals surface area contributed by atoms with Gasteiger partial charge in [-0.2, -0.15) is 0 Å². The third-order valence-electron chi connectivity index (χ3n) is 2.78. The predicted molar refractivity (Wildman–Crippen MR) is 73.1 cm³/mol. The van der Waals surface area contributed by atoms with E-state index in [1.165, 1.54) is 15.7 Å². The van der Waals surface area contributed by atoms with Gasteiger partial charge in [0.15, 0.2) is 5.09 Å². The van der Waals surface area contributed by atoms with E-state index < -0.39 is 0 Å². The molecule has 0 spiro atoms. The van der Waals surface area contributed by atoms with Gasteiger partial charge in [0.2, 0.25) is 0 Å². The minimum absolute atomic E-state index is 0.258. The van der Waals surface area contributed by atoms with Crippen molar-refractivity contribution in [3.8, 4) is 0 Å². The average molecular weight is 283 g/mol. The van der Waals surface area contributed by atoms with Crippen molar-refractivity contribution in [2.45, 2.75) is 4.90 Å². The van der Waals surface area contributed by atoms with Crippen molar-refractivity contribution in [1.82, 2.24) is 15.2 Å². The molecule has 7 heteroatoms. The van der Waals surface area contributed by atoms with Crippen molar-refractivity contribution >= 4 is 33.8 Å². The van der Waals surface area contributed by atoms with E-state index in [1.807, 2.05) is 18.3 Å². The minimum Gasteiger partial charge on any atom is -0.402 e. The van der Waals surface area contributed by atoms with Gasteiger partial charge < -0.3 is 19.9 Å². The lowest BCUT2D eigenvalue weighted by atomic mass is 10.4. The van der Waals surface area contributed by atoms with E-state index in [2.05, 4.69) is 10.3 Å². The Kier molecular flexibility index (Phi) is 3.53. The van der Waals surface area contributed by atoms with Gasteiger partial charge in [-0.25, -0.2) is 4.79 Å². The zero-order valence-corrected chi connectivity index (χ0v) is 11.3. The normalized spacial score (nSPS) is 19.1.